The SMILES string of the molecule is CCCCCCCCCCCCCCCCCC(=O)Cl.Cl.Cl.Cl.Cl. The van der Waals surface area contributed by atoms with Gasteiger partial charge in [0, 0.05) is 6.42 Å². The highest BCUT2D eigenvalue weighted by atomic mass is 35.5. The molecule has 0 aromatic carbocycles. The Hall–Kier alpha value is 1.12. The molecule has 0 saturated heterocycles. The largest absolute Gasteiger partial charge is 0.281 e. The van der Waals surface area contributed by atoms with E-state index >= 15 is 0 Å². The zero-order chi connectivity index (χ0) is 14.9. The monoisotopic (exact) mass is 446 g/mol. The summed E-state index contributed by atoms with van der Waals surface area (Å²) in [5, 5.41) is -0.181. The zero-order valence-electron chi connectivity index (χ0n) is 15.2. The van der Waals surface area contributed by atoms with Gasteiger partial charge in [-0.2, -0.15) is 0 Å². The molecule has 0 saturated carbocycles. The predicted molar refractivity (Wildman–Crippen MR) is 119 cm³/mol. The normalized spacial score (nSPS) is 9.08. The van der Waals surface area contributed by atoms with Crippen LogP contribution in [0, 0.1) is 0 Å². The van der Waals surface area contributed by atoms with Gasteiger partial charge in [0.05, 0.1) is 0 Å². The maximum atomic E-state index is 10.5. The number of hydrogen-bond donors (Lipinski definition) is 0. The molecule has 24 heavy (non-hydrogen) atoms. The summed E-state index contributed by atoms with van der Waals surface area (Å²) in [6, 6.07) is 0. The van der Waals surface area contributed by atoms with Crippen LogP contribution in [0.15, 0.2) is 0 Å². The van der Waals surface area contributed by atoms with E-state index in [1.165, 1.54) is 83.5 Å². The van der Waals surface area contributed by atoms with Crippen LogP contribution in [0.3, 0.4) is 0 Å². The lowest BCUT2D eigenvalue weighted by Crippen LogP contribution is -1.86. The van der Waals surface area contributed by atoms with Gasteiger partial charge in [-0.05, 0) is 18.0 Å². The first kappa shape index (κ1) is 36.1. The first-order valence-electron chi connectivity index (χ1n) is 8.95. The fourth-order valence-electron chi connectivity index (χ4n) is 2.64. The molecule has 0 fully saturated rings. The standard InChI is InChI=1S/C18H35ClO.4ClH/c1-2-3-4-5-6-7-8-9-10-11-12-13-14-15-16-17-18(19)20;;;;/h2-17H2,1H3;4*1H. The van der Waals surface area contributed by atoms with E-state index in [0.29, 0.717) is 6.42 Å². The van der Waals surface area contributed by atoms with Gasteiger partial charge in [0.2, 0.25) is 5.24 Å². The summed E-state index contributed by atoms with van der Waals surface area (Å²) in [6.07, 6.45) is 20.8. The van der Waals surface area contributed by atoms with Gasteiger partial charge in [0.25, 0.3) is 0 Å². The molecule has 0 aliphatic rings. The Morgan fingerprint density at radius 2 is 0.792 bits per heavy atom. The van der Waals surface area contributed by atoms with Crippen molar-refractivity contribution in [2.45, 2.75) is 110 Å². The van der Waals surface area contributed by atoms with Crippen molar-refractivity contribution in [2.75, 3.05) is 0 Å². The third-order valence-electron chi connectivity index (χ3n) is 3.98. The van der Waals surface area contributed by atoms with Crippen LogP contribution in [0.4, 0.5) is 0 Å². The molecular weight excluding hydrogens is 409 g/mol. The Labute approximate surface area is 180 Å². The molecule has 0 spiro atoms. The number of carbonyl (C=O) groups excluding carboxylic acids is 1. The molecule has 0 radical (unpaired) electrons. The lowest BCUT2D eigenvalue weighted by Gasteiger charge is -2.03. The highest BCUT2D eigenvalue weighted by Gasteiger charge is 1.96. The molecule has 0 aliphatic carbocycles. The molecule has 0 N–H and O–H groups in total. The Balaban J connectivity index is -0.000000301. The van der Waals surface area contributed by atoms with Crippen molar-refractivity contribution in [3.05, 3.63) is 0 Å². The predicted octanol–water partition coefficient (Wildman–Crippen LogP) is 8.70. The first-order chi connectivity index (χ1) is 9.77. The topological polar surface area (TPSA) is 17.1 Å². The van der Waals surface area contributed by atoms with Crippen molar-refractivity contribution >= 4 is 66.5 Å². The second kappa shape index (κ2) is 31.8. The van der Waals surface area contributed by atoms with Crippen LogP contribution in [-0.2, 0) is 4.79 Å². The van der Waals surface area contributed by atoms with Gasteiger partial charge < -0.3 is 0 Å². The molecule has 0 aromatic heterocycles. The fourth-order valence-corrected chi connectivity index (χ4v) is 2.77. The summed E-state index contributed by atoms with van der Waals surface area (Å²) in [6.45, 7) is 2.28. The molecule has 0 aromatic rings. The van der Waals surface area contributed by atoms with Crippen molar-refractivity contribution in [3.8, 4) is 0 Å². The number of hydrogen-bond acceptors (Lipinski definition) is 1. The van der Waals surface area contributed by atoms with E-state index < -0.39 is 0 Å². The first-order valence-corrected chi connectivity index (χ1v) is 9.33. The summed E-state index contributed by atoms with van der Waals surface area (Å²) < 4.78 is 0. The van der Waals surface area contributed by atoms with Gasteiger partial charge in [0.1, 0.15) is 0 Å². The van der Waals surface area contributed by atoms with Crippen LogP contribution < -0.4 is 0 Å². The van der Waals surface area contributed by atoms with Gasteiger partial charge in [-0.3, -0.25) is 4.79 Å². The molecule has 0 heterocycles. The van der Waals surface area contributed by atoms with Crippen molar-refractivity contribution in [3.63, 3.8) is 0 Å². The van der Waals surface area contributed by atoms with Crippen LogP contribution in [-0.4, -0.2) is 5.24 Å². The maximum Gasteiger partial charge on any atom is 0.221 e. The van der Waals surface area contributed by atoms with Crippen molar-refractivity contribution < 1.29 is 4.79 Å². The third-order valence-corrected chi connectivity index (χ3v) is 4.17. The fraction of sp³-hybridized carbons (Fsp3) is 0.944. The van der Waals surface area contributed by atoms with E-state index in [1.54, 1.807) is 0 Å². The summed E-state index contributed by atoms with van der Waals surface area (Å²) in [4.78, 5) is 10.5. The van der Waals surface area contributed by atoms with Crippen molar-refractivity contribution in [2.24, 2.45) is 0 Å². The Kier molecular flexibility index (Phi) is 47.9. The van der Waals surface area contributed by atoms with Crippen LogP contribution in [0.1, 0.15) is 110 Å². The lowest BCUT2D eigenvalue weighted by molar-refractivity contribution is -0.111. The minimum atomic E-state index is -0.181. The van der Waals surface area contributed by atoms with Gasteiger partial charge in [0.15, 0.2) is 0 Å². The van der Waals surface area contributed by atoms with E-state index in [0.717, 1.165) is 12.8 Å². The summed E-state index contributed by atoms with van der Waals surface area (Å²) in [5.41, 5.74) is 0. The van der Waals surface area contributed by atoms with E-state index in [1.807, 2.05) is 0 Å². The van der Waals surface area contributed by atoms with Crippen molar-refractivity contribution in [1.29, 1.82) is 0 Å². The minimum absolute atomic E-state index is 0. The van der Waals surface area contributed by atoms with Gasteiger partial charge in [-0.25, -0.2) is 0 Å². The Morgan fingerprint density at radius 1 is 0.542 bits per heavy atom. The third kappa shape index (κ3) is 34.5. The molecule has 0 bridgehead atoms. The van der Waals surface area contributed by atoms with Crippen molar-refractivity contribution in [1.82, 2.24) is 0 Å². The van der Waals surface area contributed by atoms with Gasteiger partial charge in [-0.15, -0.1) is 49.6 Å². The quantitative estimate of drug-likeness (QED) is 0.170. The number of halogens is 5. The second-order valence-electron chi connectivity index (χ2n) is 6.05. The minimum Gasteiger partial charge on any atom is -0.281 e. The molecule has 0 amide bonds. The van der Waals surface area contributed by atoms with E-state index in [9.17, 15) is 4.79 Å². The smallest absolute Gasteiger partial charge is 0.221 e. The highest BCUT2D eigenvalue weighted by Crippen LogP contribution is 2.13. The molecule has 1 nitrogen and oxygen atoms in total. The summed E-state index contributed by atoms with van der Waals surface area (Å²) in [5.74, 6) is 0. The van der Waals surface area contributed by atoms with Gasteiger partial charge >= 0.3 is 0 Å². The van der Waals surface area contributed by atoms with Gasteiger partial charge in [-0.1, -0.05) is 96.8 Å². The Bertz CT molecular complexity index is 216. The lowest BCUT2D eigenvalue weighted by atomic mass is 10.0. The van der Waals surface area contributed by atoms with Crippen LogP contribution in [0.5, 0.6) is 0 Å². The van der Waals surface area contributed by atoms with E-state index in [2.05, 4.69) is 6.92 Å². The maximum absolute atomic E-state index is 10.5. The molecule has 0 aliphatic heterocycles. The Morgan fingerprint density at radius 3 is 1.04 bits per heavy atom. The molecule has 0 atom stereocenters. The number of carbonyl (C=O) groups is 1. The molecule has 0 unspecified atom stereocenters. The molecular formula is C18H39Cl5O. The summed E-state index contributed by atoms with van der Waals surface area (Å²) in [7, 11) is 0. The van der Waals surface area contributed by atoms with E-state index in [-0.39, 0.29) is 54.9 Å². The van der Waals surface area contributed by atoms with E-state index in [4.69, 9.17) is 11.6 Å². The highest BCUT2D eigenvalue weighted by molar-refractivity contribution is 6.63. The average molecular weight is 449 g/mol. The number of unbranched alkanes of at least 4 members (excludes halogenated alkanes) is 14. The second-order valence-corrected chi connectivity index (χ2v) is 6.48. The summed E-state index contributed by atoms with van der Waals surface area (Å²) >= 11 is 5.30. The molecule has 6 heteroatoms. The molecule has 152 valence electrons. The van der Waals surface area contributed by atoms with Crippen LogP contribution in [0.25, 0.3) is 0 Å². The molecule has 0 rings (SSSR count). The van der Waals surface area contributed by atoms with Crippen LogP contribution in [0.2, 0.25) is 0 Å². The number of rotatable bonds is 16. The van der Waals surface area contributed by atoms with Crippen LogP contribution >= 0.6 is 61.2 Å². The zero-order valence-corrected chi connectivity index (χ0v) is 19.3. The average Bonchev–Trinajstić information content (AvgIpc) is 2.43.